The molecule has 1 saturated heterocycles. The number of amides is 1. The zero-order valence-electron chi connectivity index (χ0n) is 19.5. The summed E-state index contributed by atoms with van der Waals surface area (Å²) in [6, 6.07) is 12.6. The van der Waals surface area contributed by atoms with Gasteiger partial charge >= 0.3 is 0 Å². The minimum absolute atomic E-state index is 0.00513. The first-order chi connectivity index (χ1) is 15.4. The Kier molecular flexibility index (Phi) is 6.74. The molecule has 7 heteroatoms. The van der Waals surface area contributed by atoms with E-state index >= 15 is 0 Å². The van der Waals surface area contributed by atoms with Crippen molar-refractivity contribution in [3.63, 3.8) is 0 Å². The van der Waals surface area contributed by atoms with Crippen LogP contribution in [0.2, 0.25) is 0 Å². The SMILES string of the molecule is CCN(C[C@@H]1CCN(Cc2ccccc2)C1)C(=O)COc1nn(C)c2nc(C)cc(C)c12. The van der Waals surface area contributed by atoms with Crippen molar-refractivity contribution in [3.8, 4) is 5.88 Å². The molecular weight excluding hydrogens is 402 g/mol. The van der Waals surface area contributed by atoms with Crippen LogP contribution in [0.3, 0.4) is 0 Å². The van der Waals surface area contributed by atoms with E-state index in [1.807, 2.05) is 38.8 Å². The molecule has 0 bridgehead atoms. The summed E-state index contributed by atoms with van der Waals surface area (Å²) in [4.78, 5) is 21.9. The maximum Gasteiger partial charge on any atom is 0.260 e. The molecule has 1 fully saturated rings. The number of benzene rings is 1. The van der Waals surface area contributed by atoms with Gasteiger partial charge in [0.2, 0.25) is 5.88 Å². The third-order valence-electron chi connectivity index (χ3n) is 6.25. The number of carbonyl (C=O) groups excluding carboxylic acids is 1. The van der Waals surface area contributed by atoms with Crippen LogP contribution >= 0.6 is 0 Å². The molecule has 2 aromatic heterocycles. The molecule has 0 radical (unpaired) electrons. The largest absolute Gasteiger partial charge is 0.466 e. The highest BCUT2D eigenvalue weighted by Crippen LogP contribution is 2.27. The van der Waals surface area contributed by atoms with E-state index < -0.39 is 0 Å². The molecule has 1 aliphatic heterocycles. The summed E-state index contributed by atoms with van der Waals surface area (Å²) in [6.45, 7) is 10.5. The van der Waals surface area contributed by atoms with Crippen LogP contribution in [-0.2, 0) is 18.4 Å². The molecule has 0 spiro atoms. The van der Waals surface area contributed by atoms with E-state index in [1.165, 1.54) is 5.56 Å². The molecule has 0 saturated carbocycles. The lowest BCUT2D eigenvalue weighted by Crippen LogP contribution is -2.39. The molecule has 32 heavy (non-hydrogen) atoms. The van der Waals surface area contributed by atoms with Crippen molar-refractivity contribution >= 4 is 16.9 Å². The lowest BCUT2D eigenvalue weighted by Gasteiger charge is -2.24. The van der Waals surface area contributed by atoms with Gasteiger partial charge in [0.05, 0.1) is 5.39 Å². The molecule has 3 aromatic rings. The second kappa shape index (κ2) is 9.69. The van der Waals surface area contributed by atoms with Gasteiger partial charge < -0.3 is 9.64 Å². The monoisotopic (exact) mass is 435 g/mol. The third-order valence-corrected chi connectivity index (χ3v) is 6.25. The number of hydrogen-bond acceptors (Lipinski definition) is 5. The standard InChI is InChI=1S/C25H33N5O2/c1-5-30(16-21-11-12-29(15-21)14-20-9-7-6-8-10-20)22(31)17-32-25-23-18(2)13-19(3)26-24(23)28(4)27-25/h6-10,13,21H,5,11-12,14-17H2,1-4H3/t21-/m1/s1. The van der Waals surface area contributed by atoms with Gasteiger partial charge in [0.15, 0.2) is 12.3 Å². The highest BCUT2D eigenvalue weighted by atomic mass is 16.5. The molecule has 0 N–H and O–H groups in total. The molecule has 4 rings (SSSR count). The van der Waals surface area contributed by atoms with Crippen LogP contribution in [-0.4, -0.2) is 63.3 Å². The Morgan fingerprint density at radius 1 is 1.25 bits per heavy atom. The highest BCUT2D eigenvalue weighted by molar-refractivity contribution is 5.85. The number of ether oxygens (including phenoxy) is 1. The lowest BCUT2D eigenvalue weighted by molar-refractivity contribution is -0.133. The number of nitrogens with zero attached hydrogens (tertiary/aromatic N) is 5. The molecular formula is C25H33N5O2. The normalized spacial score (nSPS) is 16.6. The molecule has 0 unspecified atom stereocenters. The topological polar surface area (TPSA) is 63.5 Å². The Balaban J connectivity index is 1.33. The van der Waals surface area contributed by atoms with Crippen molar-refractivity contribution in [3.05, 3.63) is 53.2 Å². The van der Waals surface area contributed by atoms with Crippen molar-refractivity contribution in [1.82, 2.24) is 24.6 Å². The van der Waals surface area contributed by atoms with Crippen LogP contribution in [0.5, 0.6) is 5.88 Å². The van der Waals surface area contributed by atoms with E-state index in [2.05, 4.69) is 45.3 Å². The first kappa shape index (κ1) is 22.3. The van der Waals surface area contributed by atoms with Crippen LogP contribution in [0, 0.1) is 19.8 Å². The van der Waals surface area contributed by atoms with Gasteiger partial charge in [-0.15, -0.1) is 5.10 Å². The maximum atomic E-state index is 12.9. The number of rotatable bonds is 8. The number of likely N-dealkylation sites (tertiary alicyclic amines) is 1. The van der Waals surface area contributed by atoms with E-state index in [-0.39, 0.29) is 12.5 Å². The summed E-state index contributed by atoms with van der Waals surface area (Å²) in [5.74, 6) is 0.977. The van der Waals surface area contributed by atoms with E-state index in [0.717, 1.165) is 54.9 Å². The maximum absolute atomic E-state index is 12.9. The fourth-order valence-electron chi connectivity index (χ4n) is 4.64. The predicted molar refractivity (Wildman–Crippen MR) is 126 cm³/mol. The molecule has 1 atom stereocenters. The average Bonchev–Trinajstić information content (AvgIpc) is 3.34. The van der Waals surface area contributed by atoms with E-state index in [4.69, 9.17) is 4.74 Å². The molecule has 7 nitrogen and oxygen atoms in total. The zero-order chi connectivity index (χ0) is 22.7. The molecule has 1 amide bonds. The van der Waals surface area contributed by atoms with Crippen LogP contribution in [0.25, 0.3) is 11.0 Å². The van der Waals surface area contributed by atoms with Crippen LogP contribution in [0.15, 0.2) is 36.4 Å². The molecule has 1 aromatic carbocycles. The molecule has 1 aliphatic rings. The van der Waals surface area contributed by atoms with E-state index in [9.17, 15) is 4.79 Å². The number of carbonyl (C=O) groups is 1. The van der Waals surface area contributed by atoms with Crippen LogP contribution in [0.4, 0.5) is 0 Å². The van der Waals surface area contributed by atoms with Gasteiger partial charge in [-0.05, 0) is 56.8 Å². The van der Waals surface area contributed by atoms with Gasteiger partial charge in [-0.25, -0.2) is 9.67 Å². The summed E-state index contributed by atoms with van der Waals surface area (Å²) in [6.07, 6.45) is 1.12. The van der Waals surface area contributed by atoms with Crippen molar-refractivity contribution < 1.29 is 9.53 Å². The number of likely N-dealkylation sites (N-methyl/N-ethyl adjacent to an activating group) is 1. The lowest BCUT2D eigenvalue weighted by atomic mass is 10.1. The number of pyridine rings is 1. The summed E-state index contributed by atoms with van der Waals surface area (Å²) < 4.78 is 7.61. The number of hydrogen-bond donors (Lipinski definition) is 0. The second-order valence-electron chi connectivity index (χ2n) is 8.80. The van der Waals surface area contributed by atoms with Crippen molar-refractivity contribution in [2.75, 3.05) is 32.8 Å². The van der Waals surface area contributed by atoms with Crippen molar-refractivity contribution in [2.45, 2.75) is 33.7 Å². The Morgan fingerprint density at radius 3 is 2.78 bits per heavy atom. The van der Waals surface area contributed by atoms with Gasteiger partial charge in [-0.2, -0.15) is 0 Å². The quantitative estimate of drug-likeness (QED) is 0.543. The molecule has 0 aliphatic carbocycles. The third kappa shape index (κ3) is 4.93. The summed E-state index contributed by atoms with van der Waals surface area (Å²) >= 11 is 0. The number of aromatic nitrogens is 3. The highest BCUT2D eigenvalue weighted by Gasteiger charge is 2.26. The molecule has 170 valence electrons. The zero-order valence-corrected chi connectivity index (χ0v) is 19.5. The van der Waals surface area contributed by atoms with E-state index in [0.29, 0.717) is 18.3 Å². The summed E-state index contributed by atoms with van der Waals surface area (Å²) in [5, 5.41) is 5.33. The van der Waals surface area contributed by atoms with Crippen LogP contribution in [0.1, 0.15) is 30.2 Å². The Hall–Kier alpha value is -2.93. The smallest absolute Gasteiger partial charge is 0.260 e. The average molecular weight is 436 g/mol. The summed E-state index contributed by atoms with van der Waals surface area (Å²) in [7, 11) is 1.85. The van der Waals surface area contributed by atoms with Crippen molar-refractivity contribution in [2.24, 2.45) is 13.0 Å². The second-order valence-corrected chi connectivity index (χ2v) is 8.80. The fraction of sp³-hybridized carbons (Fsp3) is 0.480. The number of aryl methyl sites for hydroxylation is 3. The Morgan fingerprint density at radius 2 is 2.03 bits per heavy atom. The first-order valence-electron chi connectivity index (χ1n) is 11.4. The van der Waals surface area contributed by atoms with Gasteiger partial charge in [0, 0.05) is 38.9 Å². The Bertz CT molecular complexity index is 1080. The fourth-order valence-corrected chi connectivity index (χ4v) is 4.64. The predicted octanol–water partition coefficient (Wildman–Crippen LogP) is 3.33. The van der Waals surface area contributed by atoms with Gasteiger partial charge in [-0.3, -0.25) is 9.69 Å². The van der Waals surface area contributed by atoms with Gasteiger partial charge in [0.25, 0.3) is 5.91 Å². The minimum Gasteiger partial charge on any atom is -0.466 e. The number of fused-ring (bicyclic) bond motifs is 1. The molecule has 3 heterocycles. The Labute approximate surface area is 190 Å². The van der Waals surface area contributed by atoms with Gasteiger partial charge in [-0.1, -0.05) is 30.3 Å². The minimum atomic E-state index is -0.00623. The summed E-state index contributed by atoms with van der Waals surface area (Å²) in [5.41, 5.74) is 4.12. The van der Waals surface area contributed by atoms with E-state index in [1.54, 1.807) is 4.68 Å². The van der Waals surface area contributed by atoms with Crippen LogP contribution < -0.4 is 4.74 Å². The van der Waals surface area contributed by atoms with Gasteiger partial charge in [0.1, 0.15) is 0 Å². The van der Waals surface area contributed by atoms with Crippen molar-refractivity contribution in [1.29, 1.82) is 0 Å². The first-order valence-corrected chi connectivity index (χ1v) is 11.4.